The first kappa shape index (κ1) is 13.1. The van der Waals surface area contributed by atoms with Crippen molar-refractivity contribution >= 4 is 43.5 Å². The molecule has 1 aliphatic carbocycles. The molecule has 0 spiro atoms. The van der Waals surface area contributed by atoms with E-state index in [0.29, 0.717) is 0 Å². The molecule has 1 aliphatic rings. The van der Waals surface area contributed by atoms with Crippen molar-refractivity contribution in [2.45, 2.75) is 49.9 Å². The summed E-state index contributed by atoms with van der Waals surface area (Å²) in [6, 6.07) is 0. The molecule has 14 heavy (non-hydrogen) atoms. The van der Waals surface area contributed by atoms with Crippen LogP contribution < -0.4 is 0 Å². The Morgan fingerprint density at radius 3 is 3.07 bits per heavy atom. The SMILES string of the molecule is CCCC[Te]/C(I)=C/C1=CCCCC1. The Bertz CT molecular complexity index is 218. The third-order valence-electron chi connectivity index (χ3n) is 2.36. The zero-order valence-corrected chi connectivity index (χ0v) is 13.4. The van der Waals surface area contributed by atoms with Gasteiger partial charge in [-0.25, -0.2) is 0 Å². The number of unbranched alkanes of at least 4 members (excludes halogenated alkanes) is 1. The topological polar surface area (TPSA) is 0 Å². The van der Waals surface area contributed by atoms with Gasteiger partial charge in [-0.2, -0.15) is 0 Å². The van der Waals surface area contributed by atoms with Crippen molar-refractivity contribution in [1.82, 2.24) is 0 Å². The summed E-state index contributed by atoms with van der Waals surface area (Å²) in [5.74, 6) is 0. The molecule has 2 heteroatoms. The number of hydrogen-bond acceptors (Lipinski definition) is 0. The van der Waals surface area contributed by atoms with Gasteiger partial charge in [0.2, 0.25) is 0 Å². The first-order valence-corrected chi connectivity index (χ1v) is 9.41. The molecule has 1 rings (SSSR count). The molecule has 0 unspecified atom stereocenters. The third kappa shape index (κ3) is 5.78. The Kier molecular flexibility index (Phi) is 7.64. The molecule has 0 saturated heterocycles. The van der Waals surface area contributed by atoms with Gasteiger partial charge in [0.05, 0.1) is 0 Å². The van der Waals surface area contributed by atoms with Crippen molar-refractivity contribution in [3.63, 3.8) is 0 Å². The van der Waals surface area contributed by atoms with Crippen LogP contribution in [-0.2, 0) is 0 Å². The van der Waals surface area contributed by atoms with E-state index < -0.39 is 0 Å². The van der Waals surface area contributed by atoms with Crippen molar-refractivity contribution in [3.8, 4) is 0 Å². The van der Waals surface area contributed by atoms with Crippen LogP contribution >= 0.6 is 22.6 Å². The summed E-state index contributed by atoms with van der Waals surface area (Å²) < 4.78 is 3.17. The fourth-order valence-electron chi connectivity index (χ4n) is 1.50. The summed E-state index contributed by atoms with van der Waals surface area (Å²) in [6.45, 7) is 2.28. The van der Waals surface area contributed by atoms with E-state index in [2.05, 4.69) is 41.7 Å². The van der Waals surface area contributed by atoms with Gasteiger partial charge in [-0.1, -0.05) is 0 Å². The van der Waals surface area contributed by atoms with E-state index in [1.165, 1.54) is 43.0 Å². The van der Waals surface area contributed by atoms with E-state index in [9.17, 15) is 0 Å². The Labute approximate surface area is 112 Å². The summed E-state index contributed by atoms with van der Waals surface area (Å²) in [5, 5.41) is 0. The second-order valence-corrected chi connectivity index (χ2v) is 10.4. The molecule has 0 fully saturated rings. The second-order valence-electron chi connectivity index (χ2n) is 3.68. The quantitative estimate of drug-likeness (QED) is 0.346. The molecular formula is C12H19ITe. The molecule has 0 saturated carbocycles. The van der Waals surface area contributed by atoms with Crippen LogP contribution in [0.15, 0.2) is 19.4 Å². The van der Waals surface area contributed by atoms with Crippen LogP contribution in [0.4, 0.5) is 0 Å². The molecular weight excluding hydrogens is 399 g/mol. The Balaban J connectivity index is 2.30. The van der Waals surface area contributed by atoms with Gasteiger partial charge in [0, 0.05) is 0 Å². The van der Waals surface area contributed by atoms with Crippen molar-refractivity contribution in [2.75, 3.05) is 0 Å². The summed E-state index contributed by atoms with van der Waals surface area (Å²) in [6.07, 6.45) is 13.1. The minimum absolute atomic E-state index is 0.163. The van der Waals surface area contributed by atoms with Gasteiger partial charge >= 0.3 is 113 Å². The average Bonchev–Trinajstić information content (AvgIpc) is 2.20. The zero-order valence-electron chi connectivity index (χ0n) is 8.89. The maximum absolute atomic E-state index is 2.56. The molecule has 0 atom stereocenters. The number of halogens is 1. The summed E-state index contributed by atoms with van der Waals surface area (Å²) >= 11 is 2.72. The van der Waals surface area contributed by atoms with E-state index in [1.807, 2.05) is 0 Å². The van der Waals surface area contributed by atoms with Gasteiger partial charge in [-0.15, -0.1) is 0 Å². The van der Waals surface area contributed by atoms with Gasteiger partial charge in [-0.3, -0.25) is 0 Å². The molecule has 0 aromatic heterocycles. The van der Waals surface area contributed by atoms with Gasteiger partial charge in [0.1, 0.15) is 0 Å². The van der Waals surface area contributed by atoms with Gasteiger partial charge in [-0.05, 0) is 0 Å². The van der Waals surface area contributed by atoms with Gasteiger partial charge in [0.25, 0.3) is 0 Å². The number of allylic oxidation sites excluding steroid dienone is 3. The van der Waals surface area contributed by atoms with Crippen LogP contribution in [0.5, 0.6) is 0 Å². The molecule has 0 N–H and O–H groups in total. The average molecular weight is 418 g/mol. The second kappa shape index (κ2) is 8.19. The predicted octanol–water partition coefficient (Wildman–Crippen LogP) is 4.69. The van der Waals surface area contributed by atoms with Crippen LogP contribution in [0.3, 0.4) is 0 Å². The van der Waals surface area contributed by atoms with E-state index in [-0.39, 0.29) is 20.9 Å². The predicted molar refractivity (Wildman–Crippen MR) is 74.1 cm³/mol. The Morgan fingerprint density at radius 2 is 2.43 bits per heavy atom. The Morgan fingerprint density at radius 1 is 1.57 bits per heavy atom. The molecule has 80 valence electrons. The molecule has 0 aromatic rings. The van der Waals surface area contributed by atoms with Crippen LogP contribution in [0.2, 0.25) is 4.47 Å². The molecule has 0 amide bonds. The summed E-state index contributed by atoms with van der Waals surface area (Å²) in [7, 11) is 0. The van der Waals surface area contributed by atoms with Crippen molar-refractivity contribution < 1.29 is 0 Å². The molecule has 0 aromatic carbocycles. The molecule has 0 heterocycles. The molecule has 0 nitrogen and oxygen atoms in total. The van der Waals surface area contributed by atoms with E-state index in [4.69, 9.17) is 0 Å². The monoisotopic (exact) mass is 420 g/mol. The summed E-state index contributed by atoms with van der Waals surface area (Å²) in [4.78, 5) is 0. The third-order valence-corrected chi connectivity index (χ3v) is 7.29. The fraction of sp³-hybridized carbons (Fsp3) is 0.667. The van der Waals surface area contributed by atoms with Crippen LogP contribution in [0.25, 0.3) is 0 Å². The normalized spacial score (nSPS) is 18.1. The maximum atomic E-state index is 2.56. The van der Waals surface area contributed by atoms with E-state index >= 15 is 0 Å². The molecule has 0 radical (unpaired) electrons. The first-order valence-electron chi connectivity index (χ1n) is 5.52. The van der Waals surface area contributed by atoms with E-state index in [1.54, 1.807) is 7.20 Å². The number of rotatable bonds is 5. The first-order chi connectivity index (χ1) is 6.83. The Hall–Kier alpha value is 1.000. The van der Waals surface area contributed by atoms with Gasteiger partial charge < -0.3 is 0 Å². The van der Waals surface area contributed by atoms with Crippen LogP contribution in [0, 0.1) is 0 Å². The summed E-state index contributed by atoms with van der Waals surface area (Å²) in [5.41, 5.74) is 1.61. The zero-order chi connectivity index (χ0) is 10.2. The molecule has 0 bridgehead atoms. The number of hydrogen-bond donors (Lipinski definition) is 0. The minimum atomic E-state index is 0.163. The van der Waals surface area contributed by atoms with Crippen LogP contribution in [0.1, 0.15) is 45.4 Å². The van der Waals surface area contributed by atoms with Gasteiger partial charge in [0.15, 0.2) is 0 Å². The molecule has 0 aliphatic heterocycles. The standard InChI is InChI=1S/C12H19ITe/c1-2-3-9-14-12(13)10-11-7-5-4-6-8-11/h7,10H,2-6,8-9H2,1H3/b12-10+. The van der Waals surface area contributed by atoms with E-state index in [0.717, 1.165) is 0 Å². The van der Waals surface area contributed by atoms with Crippen LogP contribution in [-0.4, -0.2) is 20.9 Å². The van der Waals surface area contributed by atoms with Crippen molar-refractivity contribution in [1.29, 1.82) is 0 Å². The fourth-order valence-corrected chi connectivity index (χ4v) is 5.83. The van der Waals surface area contributed by atoms with Crippen molar-refractivity contribution in [2.24, 2.45) is 0 Å². The van der Waals surface area contributed by atoms with Crippen molar-refractivity contribution in [3.05, 3.63) is 19.4 Å².